The quantitative estimate of drug-likeness (QED) is 0.627. The molecule has 0 aromatic heterocycles. The monoisotopic (exact) mass is 306 g/mol. The molecule has 2 aromatic carbocycles. The van der Waals surface area contributed by atoms with Gasteiger partial charge in [-0.1, -0.05) is 30.3 Å². The van der Waals surface area contributed by atoms with E-state index in [1.807, 2.05) is 30.3 Å². The minimum atomic E-state index is -3.67. The van der Waals surface area contributed by atoms with Crippen molar-refractivity contribution < 1.29 is 13.3 Å². The highest BCUT2D eigenvalue weighted by Gasteiger charge is 2.21. The van der Waals surface area contributed by atoms with Crippen molar-refractivity contribution in [3.63, 3.8) is 0 Å². The number of nitro benzene ring substituents is 1. The second kappa shape index (κ2) is 6.02. The highest BCUT2D eigenvalue weighted by Crippen LogP contribution is 2.20. The fraction of sp³-hybridized carbons (Fsp3) is 0.143. The first-order valence-corrected chi connectivity index (χ1v) is 7.60. The van der Waals surface area contributed by atoms with Crippen LogP contribution in [0.2, 0.25) is 0 Å². The van der Waals surface area contributed by atoms with Gasteiger partial charge in [0.2, 0.25) is 10.0 Å². The van der Waals surface area contributed by atoms with Gasteiger partial charge in [0.1, 0.15) is 0 Å². The molecule has 0 saturated carbocycles. The van der Waals surface area contributed by atoms with Crippen LogP contribution in [0.3, 0.4) is 0 Å². The number of benzene rings is 2. The Hall–Kier alpha value is -2.25. The molecule has 0 bridgehead atoms. The van der Waals surface area contributed by atoms with Crippen molar-refractivity contribution in [1.29, 1.82) is 0 Å². The second-order valence-electron chi connectivity index (χ2n) is 4.50. The predicted molar refractivity (Wildman–Crippen MR) is 78.2 cm³/mol. The van der Waals surface area contributed by atoms with Gasteiger partial charge < -0.3 is 0 Å². The standard InChI is InChI=1S/C14H14N2O4S/c1-15(11-12-5-3-2-4-6-12)21(19,20)14-9-7-13(8-10-14)16(17)18/h2-10H,11H2,1H3. The Morgan fingerprint density at radius 1 is 1.05 bits per heavy atom. The zero-order chi connectivity index (χ0) is 15.5. The molecule has 0 saturated heterocycles. The van der Waals surface area contributed by atoms with Gasteiger partial charge in [-0.25, -0.2) is 8.42 Å². The molecule has 2 aromatic rings. The van der Waals surface area contributed by atoms with Gasteiger partial charge in [0.25, 0.3) is 5.69 Å². The van der Waals surface area contributed by atoms with Crippen molar-refractivity contribution in [3.05, 3.63) is 70.3 Å². The first-order valence-electron chi connectivity index (χ1n) is 6.16. The fourth-order valence-corrected chi connectivity index (χ4v) is 3.00. The molecule has 0 heterocycles. The van der Waals surface area contributed by atoms with Gasteiger partial charge in [0.05, 0.1) is 9.82 Å². The first kappa shape index (κ1) is 15.1. The summed E-state index contributed by atoms with van der Waals surface area (Å²) in [7, 11) is -2.19. The summed E-state index contributed by atoms with van der Waals surface area (Å²) in [4.78, 5) is 10.1. The Morgan fingerprint density at radius 2 is 1.62 bits per heavy atom. The van der Waals surface area contributed by atoms with Crippen LogP contribution < -0.4 is 0 Å². The summed E-state index contributed by atoms with van der Waals surface area (Å²) in [5.74, 6) is 0. The van der Waals surface area contributed by atoms with E-state index in [2.05, 4.69) is 0 Å². The molecule has 110 valence electrons. The molecule has 0 aliphatic carbocycles. The van der Waals surface area contributed by atoms with E-state index < -0.39 is 14.9 Å². The van der Waals surface area contributed by atoms with E-state index in [0.29, 0.717) is 0 Å². The highest BCUT2D eigenvalue weighted by molar-refractivity contribution is 7.89. The molecule has 21 heavy (non-hydrogen) atoms. The SMILES string of the molecule is CN(Cc1ccccc1)S(=O)(=O)c1ccc([N+](=O)[O-])cc1. The maximum Gasteiger partial charge on any atom is 0.269 e. The maximum atomic E-state index is 12.4. The second-order valence-corrected chi connectivity index (χ2v) is 6.54. The van der Waals surface area contributed by atoms with Crippen LogP contribution in [0.4, 0.5) is 5.69 Å². The average molecular weight is 306 g/mol. The molecule has 0 aliphatic heterocycles. The average Bonchev–Trinajstić information content (AvgIpc) is 2.48. The van der Waals surface area contributed by atoms with Crippen LogP contribution in [0.15, 0.2) is 59.5 Å². The van der Waals surface area contributed by atoms with Crippen molar-refractivity contribution in [2.24, 2.45) is 0 Å². The molecule has 0 atom stereocenters. The summed E-state index contributed by atoms with van der Waals surface area (Å²) in [5.41, 5.74) is 0.727. The largest absolute Gasteiger partial charge is 0.269 e. The van der Waals surface area contributed by atoms with Gasteiger partial charge in [0.15, 0.2) is 0 Å². The summed E-state index contributed by atoms with van der Waals surface area (Å²) in [6.07, 6.45) is 0. The fourth-order valence-electron chi connectivity index (χ4n) is 1.85. The maximum absolute atomic E-state index is 12.4. The molecule has 0 N–H and O–H groups in total. The Labute approximate surface area is 122 Å². The number of nitrogens with zero attached hydrogens (tertiary/aromatic N) is 2. The number of sulfonamides is 1. The Balaban J connectivity index is 2.22. The normalized spacial score (nSPS) is 11.5. The molecule has 6 nitrogen and oxygen atoms in total. The van der Waals surface area contributed by atoms with E-state index in [4.69, 9.17) is 0 Å². The molecule has 2 rings (SSSR count). The third-order valence-corrected chi connectivity index (χ3v) is 4.82. The van der Waals surface area contributed by atoms with E-state index in [1.165, 1.54) is 35.6 Å². The highest BCUT2D eigenvalue weighted by atomic mass is 32.2. The van der Waals surface area contributed by atoms with Gasteiger partial charge in [-0.15, -0.1) is 0 Å². The lowest BCUT2D eigenvalue weighted by atomic mass is 10.2. The molecular weight excluding hydrogens is 292 g/mol. The lowest BCUT2D eigenvalue weighted by Crippen LogP contribution is -2.26. The van der Waals surface area contributed by atoms with Crippen molar-refractivity contribution in [2.75, 3.05) is 7.05 Å². The van der Waals surface area contributed by atoms with Gasteiger partial charge in [-0.2, -0.15) is 4.31 Å². The van der Waals surface area contributed by atoms with Gasteiger partial charge >= 0.3 is 0 Å². The molecule has 0 radical (unpaired) electrons. The zero-order valence-corrected chi connectivity index (χ0v) is 12.2. The van der Waals surface area contributed by atoms with E-state index in [-0.39, 0.29) is 17.1 Å². The zero-order valence-electron chi connectivity index (χ0n) is 11.3. The number of hydrogen-bond donors (Lipinski definition) is 0. The third-order valence-electron chi connectivity index (χ3n) is 3.00. The van der Waals surface area contributed by atoms with E-state index in [1.54, 1.807) is 0 Å². The first-order chi connectivity index (χ1) is 9.91. The Bertz CT molecular complexity index is 727. The summed E-state index contributed by atoms with van der Waals surface area (Å²) in [5, 5.41) is 10.6. The van der Waals surface area contributed by atoms with E-state index in [0.717, 1.165) is 5.56 Å². The Morgan fingerprint density at radius 3 is 2.14 bits per heavy atom. The molecule has 0 amide bonds. The van der Waals surface area contributed by atoms with Gasteiger partial charge in [-0.3, -0.25) is 10.1 Å². The molecule has 0 fully saturated rings. The van der Waals surface area contributed by atoms with Gasteiger partial charge in [0, 0.05) is 25.7 Å². The van der Waals surface area contributed by atoms with Crippen molar-refractivity contribution in [1.82, 2.24) is 4.31 Å². The van der Waals surface area contributed by atoms with E-state index >= 15 is 0 Å². The number of nitro groups is 1. The smallest absolute Gasteiger partial charge is 0.258 e. The molecule has 0 spiro atoms. The van der Waals surface area contributed by atoms with E-state index in [9.17, 15) is 18.5 Å². The van der Waals surface area contributed by atoms with Crippen LogP contribution in [-0.4, -0.2) is 24.7 Å². The van der Waals surface area contributed by atoms with Crippen molar-refractivity contribution in [3.8, 4) is 0 Å². The minimum absolute atomic E-state index is 0.0338. The van der Waals surface area contributed by atoms with Crippen LogP contribution in [-0.2, 0) is 16.6 Å². The summed E-state index contributed by atoms with van der Waals surface area (Å²) in [6, 6.07) is 14.1. The van der Waals surface area contributed by atoms with Crippen LogP contribution in [0.5, 0.6) is 0 Å². The third kappa shape index (κ3) is 3.45. The molecule has 7 heteroatoms. The summed E-state index contributed by atoms with van der Waals surface area (Å²) in [6.45, 7) is 0.236. The number of non-ortho nitro benzene ring substituents is 1. The number of hydrogen-bond acceptors (Lipinski definition) is 4. The Kier molecular flexibility index (Phi) is 4.35. The molecule has 0 aliphatic rings. The van der Waals surface area contributed by atoms with Crippen molar-refractivity contribution in [2.45, 2.75) is 11.4 Å². The lowest BCUT2D eigenvalue weighted by molar-refractivity contribution is -0.384. The molecular formula is C14H14N2O4S. The number of rotatable bonds is 5. The van der Waals surface area contributed by atoms with Crippen LogP contribution in [0, 0.1) is 10.1 Å². The van der Waals surface area contributed by atoms with Crippen LogP contribution in [0.1, 0.15) is 5.56 Å². The summed E-state index contributed by atoms with van der Waals surface area (Å²) < 4.78 is 26.0. The minimum Gasteiger partial charge on any atom is -0.258 e. The lowest BCUT2D eigenvalue weighted by Gasteiger charge is -2.17. The van der Waals surface area contributed by atoms with Crippen molar-refractivity contribution >= 4 is 15.7 Å². The predicted octanol–water partition coefficient (Wildman–Crippen LogP) is 2.42. The topological polar surface area (TPSA) is 80.5 Å². The van der Waals surface area contributed by atoms with Crippen LogP contribution >= 0.6 is 0 Å². The molecule has 0 unspecified atom stereocenters. The summed E-state index contributed by atoms with van der Waals surface area (Å²) >= 11 is 0. The van der Waals surface area contributed by atoms with Crippen LogP contribution in [0.25, 0.3) is 0 Å². The van der Waals surface area contributed by atoms with Gasteiger partial charge in [-0.05, 0) is 17.7 Å².